The number of nitrogens with one attached hydrogen (secondary N) is 1. The number of hydrogen-bond donors (Lipinski definition) is 1. The minimum absolute atomic E-state index is 0.237. The van der Waals surface area contributed by atoms with Crippen LogP contribution in [0.15, 0.2) is 58.7 Å². The summed E-state index contributed by atoms with van der Waals surface area (Å²) in [6.07, 6.45) is 0. The number of benzene rings is 2. The molecule has 0 saturated carbocycles. The summed E-state index contributed by atoms with van der Waals surface area (Å²) in [4.78, 5) is 36.4. The molecule has 0 unspecified atom stereocenters. The molecule has 1 amide bonds. The van der Waals surface area contributed by atoms with Crippen molar-refractivity contribution in [2.75, 3.05) is 11.9 Å². The number of aryl methyl sites for hydroxylation is 4. The molecule has 0 fully saturated rings. The van der Waals surface area contributed by atoms with Crippen molar-refractivity contribution in [2.45, 2.75) is 34.2 Å². The molecule has 2 heterocycles. The number of carbonyl (C=O) groups excluding carboxylic acids is 2. The van der Waals surface area contributed by atoms with E-state index < -0.39 is 18.5 Å². The van der Waals surface area contributed by atoms with E-state index >= 15 is 0 Å². The number of ether oxygens (including phenoxy) is 1. The molecule has 0 aliphatic carbocycles. The number of amides is 1. The van der Waals surface area contributed by atoms with Crippen LogP contribution in [0.1, 0.15) is 22.4 Å². The molecule has 180 valence electrons. The Hall–Kier alpha value is -3.98. The van der Waals surface area contributed by atoms with Crippen LogP contribution in [0.3, 0.4) is 0 Å². The Balaban J connectivity index is 1.54. The number of esters is 1. The molecule has 35 heavy (non-hydrogen) atoms. The van der Waals surface area contributed by atoms with Crippen molar-refractivity contribution in [3.63, 3.8) is 0 Å². The normalized spacial score (nSPS) is 10.9. The van der Waals surface area contributed by atoms with E-state index in [1.165, 1.54) is 10.1 Å². The van der Waals surface area contributed by atoms with E-state index in [0.29, 0.717) is 17.2 Å². The lowest BCUT2D eigenvalue weighted by molar-refractivity contribution is -0.147. The van der Waals surface area contributed by atoms with Crippen LogP contribution < -0.4 is 10.2 Å². The summed E-state index contributed by atoms with van der Waals surface area (Å²) in [6, 6.07) is 15.5. The molecular weight excluding hydrogens is 464 g/mol. The van der Waals surface area contributed by atoms with E-state index in [1.807, 2.05) is 37.3 Å². The molecule has 4 rings (SSSR count). The molecule has 9 heteroatoms. The van der Waals surface area contributed by atoms with Gasteiger partial charge >= 0.3 is 10.8 Å². The molecule has 0 aliphatic rings. The average molecular weight is 491 g/mol. The second-order valence-electron chi connectivity index (χ2n) is 8.35. The first-order valence-corrected chi connectivity index (χ1v) is 11.9. The maximum atomic E-state index is 12.7. The second-order valence-corrected chi connectivity index (χ2v) is 9.17. The van der Waals surface area contributed by atoms with Crippen LogP contribution in [-0.2, 0) is 20.9 Å². The van der Waals surface area contributed by atoms with Crippen LogP contribution in [0.4, 0.5) is 5.82 Å². The van der Waals surface area contributed by atoms with Gasteiger partial charge in [-0.3, -0.25) is 19.0 Å². The third-order valence-corrected chi connectivity index (χ3v) is 6.60. The number of nitrogens with zero attached hydrogens (tertiary/aromatic N) is 3. The van der Waals surface area contributed by atoms with Crippen LogP contribution in [0, 0.1) is 27.7 Å². The Morgan fingerprint density at radius 3 is 2.40 bits per heavy atom. The maximum absolute atomic E-state index is 12.7. The predicted molar refractivity (Wildman–Crippen MR) is 136 cm³/mol. The fourth-order valence-electron chi connectivity index (χ4n) is 3.70. The van der Waals surface area contributed by atoms with Gasteiger partial charge in [0.1, 0.15) is 12.4 Å². The molecule has 2 aromatic carbocycles. The van der Waals surface area contributed by atoms with Crippen LogP contribution in [0.5, 0.6) is 0 Å². The van der Waals surface area contributed by atoms with Crippen LogP contribution >= 0.6 is 11.3 Å². The van der Waals surface area contributed by atoms with Crippen molar-refractivity contribution in [3.8, 4) is 16.9 Å². The summed E-state index contributed by atoms with van der Waals surface area (Å²) in [5.41, 5.74) is 6.57. The smallest absolute Gasteiger partial charge is 0.326 e. The van der Waals surface area contributed by atoms with Crippen LogP contribution in [-0.4, -0.2) is 32.8 Å². The minimum Gasteiger partial charge on any atom is -0.454 e. The number of rotatable bonds is 7. The van der Waals surface area contributed by atoms with Crippen molar-refractivity contribution < 1.29 is 14.3 Å². The summed E-state index contributed by atoms with van der Waals surface area (Å²) in [5, 5.41) is 9.23. The SMILES string of the molecule is Cc1cc(C)c(-c2cc(NC(=O)COC(=O)Cn3c(C)csc3=O)n(-c3ccccc3)n2)cc1C. The zero-order chi connectivity index (χ0) is 25.1. The Labute approximate surface area is 206 Å². The molecule has 0 bridgehead atoms. The number of aromatic nitrogens is 3. The van der Waals surface area contributed by atoms with E-state index in [0.717, 1.165) is 33.7 Å². The van der Waals surface area contributed by atoms with Gasteiger partial charge in [0.15, 0.2) is 6.61 Å². The lowest BCUT2D eigenvalue weighted by atomic mass is 9.99. The lowest BCUT2D eigenvalue weighted by Gasteiger charge is -2.09. The van der Waals surface area contributed by atoms with E-state index in [4.69, 9.17) is 9.84 Å². The average Bonchev–Trinajstić information content (AvgIpc) is 3.39. The molecule has 0 atom stereocenters. The lowest BCUT2D eigenvalue weighted by Crippen LogP contribution is -2.26. The minimum atomic E-state index is -0.660. The summed E-state index contributed by atoms with van der Waals surface area (Å²) in [5.74, 6) is -0.713. The Bertz CT molecular complexity index is 1450. The standard InChI is InChI=1S/C26H26N4O4S/c1-16-10-18(3)21(11-17(16)2)22-12-23(30(28-22)20-8-6-5-7-9-20)27-24(31)14-34-25(32)13-29-19(4)15-35-26(29)33/h5-12,15H,13-14H2,1-4H3,(H,27,31). The third kappa shape index (κ3) is 5.41. The Kier molecular flexibility index (Phi) is 6.97. The molecule has 0 saturated heterocycles. The van der Waals surface area contributed by atoms with Gasteiger partial charge in [-0.15, -0.1) is 0 Å². The van der Waals surface area contributed by atoms with Gasteiger partial charge in [-0.1, -0.05) is 35.6 Å². The van der Waals surface area contributed by atoms with Gasteiger partial charge in [-0.2, -0.15) is 5.10 Å². The van der Waals surface area contributed by atoms with Gasteiger partial charge in [0.25, 0.3) is 5.91 Å². The fraction of sp³-hybridized carbons (Fsp3) is 0.231. The highest BCUT2D eigenvalue weighted by Crippen LogP contribution is 2.29. The maximum Gasteiger partial charge on any atom is 0.326 e. The number of hydrogen-bond acceptors (Lipinski definition) is 6. The van der Waals surface area contributed by atoms with Crippen molar-refractivity contribution in [1.29, 1.82) is 0 Å². The summed E-state index contributed by atoms with van der Waals surface area (Å²) >= 11 is 1.01. The molecule has 2 aromatic heterocycles. The summed E-state index contributed by atoms with van der Waals surface area (Å²) < 4.78 is 8.07. The van der Waals surface area contributed by atoms with Crippen molar-refractivity contribution in [2.24, 2.45) is 0 Å². The third-order valence-electron chi connectivity index (χ3n) is 5.72. The van der Waals surface area contributed by atoms with E-state index in [9.17, 15) is 14.4 Å². The first kappa shape index (κ1) is 24.2. The number of anilines is 1. The van der Waals surface area contributed by atoms with E-state index in [2.05, 4.69) is 31.3 Å². The quantitative estimate of drug-likeness (QED) is 0.392. The van der Waals surface area contributed by atoms with Crippen molar-refractivity contribution in [3.05, 3.63) is 86.0 Å². The van der Waals surface area contributed by atoms with E-state index in [1.54, 1.807) is 23.1 Å². The molecule has 0 spiro atoms. The molecule has 8 nitrogen and oxygen atoms in total. The molecule has 0 radical (unpaired) electrons. The van der Waals surface area contributed by atoms with Gasteiger partial charge in [-0.25, -0.2) is 4.68 Å². The molecule has 4 aromatic rings. The predicted octanol–water partition coefficient (Wildman–Crippen LogP) is 4.18. The monoisotopic (exact) mass is 490 g/mol. The number of para-hydroxylation sites is 1. The second kappa shape index (κ2) is 10.1. The highest BCUT2D eigenvalue weighted by atomic mass is 32.1. The molecule has 1 N–H and O–H groups in total. The van der Waals surface area contributed by atoms with Gasteiger partial charge in [0.2, 0.25) is 0 Å². The summed E-state index contributed by atoms with van der Waals surface area (Å²) in [7, 11) is 0. The van der Waals surface area contributed by atoms with Gasteiger partial charge in [0.05, 0.1) is 11.4 Å². The first-order chi connectivity index (χ1) is 16.7. The number of carbonyl (C=O) groups is 2. The zero-order valence-electron chi connectivity index (χ0n) is 20.0. The highest BCUT2D eigenvalue weighted by molar-refractivity contribution is 7.07. The van der Waals surface area contributed by atoms with Crippen molar-refractivity contribution >= 4 is 29.0 Å². The Morgan fingerprint density at radius 2 is 1.71 bits per heavy atom. The highest BCUT2D eigenvalue weighted by Gasteiger charge is 2.17. The fourth-order valence-corrected chi connectivity index (χ4v) is 4.43. The summed E-state index contributed by atoms with van der Waals surface area (Å²) in [6.45, 7) is 7.17. The van der Waals surface area contributed by atoms with Gasteiger partial charge in [-0.05, 0) is 62.6 Å². The topological polar surface area (TPSA) is 95.2 Å². The van der Waals surface area contributed by atoms with Crippen LogP contribution in [0.2, 0.25) is 0 Å². The molecular formula is C26H26N4O4S. The largest absolute Gasteiger partial charge is 0.454 e. The zero-order valence-corrected chi connectivity index (χ0v) is 20.8. The molecule has 0 aliphatic heterocycles. The van der Waals surface area contributed by atoms with Crippen molar-refractivity contribution in [1.82, 2.24) is 14.3 Å². The Morgan fingerprint density at radius 1 is 1.00 bits per heavy atom. The first-order valence-electron chi connectivity index (χ1n) is 11.1. The number of thiazole rings is 1. The van der Waals surface area contributed by atoms with E-state index in [-0.39, 0.29) is 11.4 Å². The van der Waals surface area contributed by atoms with Crippen LogP contribution in [0.25, 0.3) is 16.9 Å². The van der Waals surface area contributed by atoms with Gasteiger partial charge in [0, 0.05) is 22.7 Å². The van der Waals surface area contributed by atoms with Gasteiger partial charge < -0.3 is 10.1 Å².